The third-order valence-electron chi connectivity index (χ3n) is 5.41. The van der Waals surface area contributed by atoms with Gasteiger partial charge in [0.1, 0.15) is 0 Å². The number of carbonyl (C=O) groups excluding carboxylic acids is 1. The van der Waals surface area contributed by atoms with Crippen LogP contribution in [0.2, 0.25) is 0 Å². The summed E-state index contributed by atoms with van der Waals surface area (Å²) in [6, 6.07) is 13.0. The molecule has 1 aliphatic heterocycles. The van der Waals surface area contributed by atoms with Crippen LogP contribution in [0.15, 0.2) is 48.8 Å². The summed E-state index contributed by atoms with van der Waals surface area (Å²) >= 11 is 0. The average molecular weight is 366 g/mol. The van der Waals surface area contributed by atoms with Crippen LogP contribution in [0.5, 0.6) is 0 Å². The summed E-state index contributed by atoms with van der Waals surface area (Å²) in [5.41, 5.74) is 3.62. The molecule has 3 rings (SSSR count). The van der Waals surface area contributed by atoms with Gasteiger partial charge < -0.3 is 4.90 Å². The maximum atomic E-state index is 12.9. The number of carbonyl (C=O) groups is 1. The standard InChI is InChI=1S/C23H31N3O/c1-3-6-23(27)26(21-10-8-19(4-2)9-11-21)22-12-15-25(16-13-22)18-20-7-5-14-24-17-20/h5,7-11,14,17,22H,3-4,6,12-13,15-16,18H2,1-2H3. The van der Waals surface area contributed by atoms with Crippen molar-refractivity contribution in [3.8, 4) is 0 Å². The predicted molar refractivity (Wildman–Crippen MR) is 111 cm³/mol. The van der Waals surface area contributed by atoms with E-state index in [1.807, 2.05) is 18.5 Å². The van der Waals surface area contributed by atoms with Gasteiger partial charge in [-0.3, -0.25) is 14.7 Å². The number of pyridine rings is 1. The SMILES string of the molecule is CCCC(=O)N(c1ccc(CC)cc1)C1CCN(Cc2cccnc2)CC1. The lowest BCUT2D eigenvalue weighted by atomic mass is 10.0. The highest BCUT2D eigenvalue weighted by Gasteiger charge is 2.28. The number of aryl methyl sites for hydroxylation is 1. The first-order valence-electron chi connectivity index (χ1n) is 10.2. The van der Waals surface area contributed by atoms with Crippen LogP contribution >= 0.6 is 0 Å². The number of likely N-dealkylation sites (tertiary alicyclic amines) is 1. The highest BCUT2D eigenvalue weighted by molar-refractivity contribution is 5.94. The van der Waals surface area contributed by atoms with Gasteiger partial charge in [0.2, 0.25) is 5.91 Å². The molecule has 4 nitrogen and oxygen atoms in total. The predicted octanol–water partition coefficient (Wildman–Crippen LogP) is 4.44. The zero-order chi connectivity index (χ0) is 19.1. The molecule has 0 N–H and O–H groups in total. The van der Waals surface area contributed by atoms with Crippen LogP contribution in [-0.4, -0.2) is 34.9 Å². The van der Waals surface area contributed by atoms with E-state index in [-0.39, 0.29) is 5.91 Å². The van der Waals surface area contributed by atoms with Crippen LogP contribution in [0.3, 0.4) is 0 Å². The van der Waals surface area contributed by atoms with Gasteiger partial charge in [-0.1, -0.05) is 32.0 Å². The second-order valence-electron chi connectivity index (χ2n) is 7.40. The molecule has 0 radical (unpaired) electrons. The maximum absolute atomic E-state index is 12.9. The fourth-order valence-corrected chi connectivity index (χ4v) is 3.87. The van der Waals surface area contributed by atoms with Crippen molar-refractivity contribution < 1.29 is 4.79 Å². The Kier molecular flexibility index (Phi) is 6.99. The number of hydrogen-bond acceptors (Lipinski definition) is 3. The molecule has 144 valence electrons. The van der Waals surface area contributed by atoms with Crippen LogP contribution in [0.4, 0.5) is 5.69 Å². The van der Waals surface area contributed by atoms with Crippen molar-refractivity contribution in [3.05, 3.63) is 59.9 Å². The smallest absolute Gasteiger partial charge is 0.227 e. The zero-order valence-electron chi connectivity index (χ0n) is 16.6. The van der Waals surface area contributed by atoms with Gasteiger partial charge in [-0.25, -0.2) is 0 Å². The van der Waals surface area contributed by atoms with Crippen molar-refractivity contribution >= 4 is 11.6 Å². The minimum atomic E-state index is 0.257. The van der Waals surface area contributed by atoms with Gasteiger partial charge >= 0.3 is 0 Å². The average Bonchev–Trinajstić information content (AvgIpc) is 2.71. The van der Waals surface area contributed by atoms with Crippen molar-refractivity contribution in [2.45, 2.75) is 58.5 Å². The molecule has 2 aromatic rings. The van der Waals surface area contributed by atoms with E-state index in [9.17, 15) is 4.79 Å². The fourth-order valence-electron chi connectivity index (χ4n) is 3.87. The van der Waals surface area contributed by atoms with Crippen LogP contribution in [-0.2, 0) is 17.8 Å². The van der Waals surface area contributed by atoms with Gasteiger partial charge in [-0.15, -0.1) is 0 Å². The molecule has 1 aliphatic rings. The van der Waals surface area contributed by atoms with Crippen LogP contribution in [0, 0.1) is 0 Å². The summed E-state index contributed by atoms with van der Waals surface area (Å²) < 4.78 is 0. The highest BCUT2D eigenvalue weighted by Crippen LogP contribution is 2.26. The molecule has 0 unspecified atom stereocenters. The molecule has 0 spiro atoms. The maximum Gasteiger partial charge on any atom is 0.227 e. The zero-order valence-corrected chi connectivity index (χ0v) is 16.6. The van der Waals surface area contributed by atoms with Crippen LogP contribution in [0.1, 0.15) is 50.7 Å². The van der Waals surface area contributed by atoms with Gasteiger partial charge in [0, 0.05) is 50.2 Å². The quantitative estimate of drug-likeness (QED) is 0.728. The Morgan fingerprint density at radius 1 is 1.11 bits per heavy atom. The Morgan fingerprint density at radius 2 is 1.85 bits per heavy atom. The van der Waals surface area contributed by atoms with E-state index >= 15 is 0 Å². The fraction of sp³-hybridized carbons (Fsp3) is 0.478. The summed E-state index contributed by atoms with van der Waals surface area (Å²) in [5.74, 6) is 0.257. The molecule has 1 saturated heterocycles. The molecule has 0 bridgehead atoms. The van der Waals surface area contributed by atoms with Crippen molar-refractivity contribution in [1.29, 1.82) is 0 Å². The first kappa shape index (κ1) is 19.6. The van der Waals surface area contributed by atoms with Gasteiger partial charge in [0.05, 0.1) is 0 Å². The largest absolute Gasteiger partial charge is 0.309 e. The highest BCUT2D eigenvalue weighted by atomic mass is 16.2. The van der Waals surface area contributed by atoms with Gasteiger partial charge in [-0.05, 0) is 55.0 Å². The van der Waals surface area contributed by atoms with Crippen molar-refractivity contribution in [2.24, 2.45) is 0 Å². The van der Waals surface area contributed by atoms with E-state index in [1.165, 1.54) is 11.1 Å². The number of nitrogens with zero attached hydrogens (tertiary/aromatic N) is 3. The van der Waals surface area contributed by atoms with Crippen molar-refractivity contribution in [2.75, 3.05) is 18.0 Å². The van der Waals surface area contributed by atoms with E-state index in [2.05, 4.69) is 59.0 Å². The molecule has 0 saturated carbocycles. The first-order valence-corrected chi connectivity index (χ1v) is 10.2. The second kappa shape index (κ2) is 9.65. The summed E-state index contributed by atoms with van der Waals surface area (Å²) in [4.78, 5) is 21.6. The molecule has 1 aromatic carbocycles. The molecule has 27 heavy (non-hydrogen) atoms. The Balaban J connectivity index is 1.67. The minimum absolute atomic E-state index is 0.257. The number of benzene rings is 1. The lowest BCUT2D eigenvalue weighted by Crippen LogP contribution is -2.47. The van der Waals surface area contributed by atoms with E-state index in [1.54, 1.807) is 0 Å². The van der Waals surface area contributed by atoms with Crippen LogP contribution < -0.4 is 4.90 Å². The third kappa shape index (κ3) is 5.16. The van der Waals surface area contributed by atoms with E-state index in [0.717, 1.165) is 51.0 Å². The summed E-state index contributed by atoms with van der Waals surface area (Å²) in [7, 11) is 0. The number of amides is 1. The molecular formula is C23H31N3O. The van der Waals surface area contributed by atoms with E-state index in [0.29, 0.717) is 12.5 Å². The second-order valence-corrected chi connectivity index (χ2v) is 7.40. The molecule has 0 aliphatic carbocycles. The Morgan fingerprint density at radius 3 is 2.44 bits per heavy atom. The normalized spacial score (nSPS) is 15.6. The molecule has 4 heteroatoms. The van der Waals surface area contributed by atoms with E-state index in [4.69, 9.17) is 0 Å². The number of hydrogen-bond donors (Lipinski definition) is 0. The third-order valence-corrected chi connectivity index (χ3v) is 5.41. The minimum Gasteiger partial charge on any atom is -0.309 e. The van der Waals surface area contributed by atoms with Gasteiger partial charge in [0.25, 0.3) is 0 Å². The Hall–Kier alpha value is -2.20. The molecular weight excluding hydrogens is 334 g/mol. The van der Waals surface area contributed by atoms with Crippen LogP contribution in [0.25, 0.3) is 0 Å². The number of piperidine rings is 1. The Labute approximate surface area is 163 Å². The van der Waals surface area contributed by atoms with Crippen molar-refractivity contribution in [1.82, 2.24) is 9.88 Å². The first-order chi connectivity index (χ1) is 13.2. The van der Waals surface area contributed by atoms with Gasteiger partial charge in [0.15, 0.2) is 0 Å². The molecule has 1 amide bonds. The summed E-state index contributed by atoms with van der Waals surface area (Å²) in [6.45, 7) is 7.21. The molecule has 1 aromatic heterocycles. The summed E-state index contributed by atoms with van der Waals surface area (Å²) in [5, 5.41) is 0. The lowest BCUT2D eigenvalue weighted by Gasteiger charge is -2.38. The molecule has 0 atom stereocenters. The monoisotopic (exact) mass is 365 g/mol. The Bertz CT molecular complexity index is 706. The molecule has 1 fully saturated rings. The number of aromatic nitrogens is 1. The van der Waals surface area contributed by atoms with Crippen molar-refractivity contribution in [3.63, 3.8) is 0 Å². The lowest BCUT2D eigenvalue weighted by molar-refractivity contribution is -0.119. The number of rotatable bonds is 7. The van der Waals surface area contributed by atoms with Gasteiger partial charge in [-0.2, -0.15) is 0 Å². The molecule has 2 heterocycles. The number of anilines is 1. The summed E-state index contributed by atoms with van der Waals surface area (Å²) in [6.07, 6.45) is 8.33. The van der Waals surface area contributed by atoms with E-state index < -0.39 is 0 Å². The topological polar surface area (TPSA) is 36.4 Å².